The highest BCUT2D eigenvalue weighted by Gasteiger charge is 2.33. The molecule has 3 rings (SSSR count). The number of ether oxygens (including phenoxy) is 1. The maximum atomic E-state index is 13.1. The van der Waals surface area contributed by atoms with Crippen molar-refractivity contribution >= 4 is 22.9 Å². The molecule has 1 saturated heterocycles. The Morgan fingerprint density at radius 1 is 1.25 bits per heavy atom. The van der Waals surface area contributed by atoms with E-state index in [4.69, 9.17) is 4.74 Å². The van der Waals surface area contributed by atoms with Gasteiger partial charge in [-0.05, 0) is 18.6 Å². The number of carbonyl (C=O) groups is 1. The highest BCUT2D eigenvalue weighted by molar-refractivity contribution is 5.83. The summed E-state index contributed by atoms with van der Waals surface area (Å²) in [6, 6.07) is 6.37. The molecule has 1 fully saturated rings. The Morgan fingerprint density at radius 3 is 2.75 bits per heavy atom. The van der Waals surface area contributed by atoms with Crippen molar-refractivity contribution in [2.75, 3.05) is 6.54 Å². The van der Waals surface area contributed by atoms with E-state index in [-0.39, 0.29) is 22.5 Å². The second-order valence-electron chi connectivity index (χ2n) is 5.20. The summed E-state index contributed by atoms with van der Waals surface area (Å²) in [6.45, 7) is 0.296. The molecule has 124 valence electrons. The molecule has 24 heavy (non-hydrogen) atoms. The van der Waals surface area contributed by atoms with Gasteiger partial charge in [-0.25, -0.2) is 14.6 Å². The normalized spacial score (nSPS) is 14.8. The van der Waals surface area contributed by atoms with Gasteiger partial charge in [0.05, 0.1) is 11.1 Å². The fourth-order valence-electron chi connectivity index (χ4n) is 2.54. The third kappa shape index (κ3) is 2.96. The molecular formula is C16H11F3N2O3. The molecule has 2 aromatic rings. The number of aromatic nitrogens is 1. The molecule has 8 heteroatoms. The van der Waals surface area contributed by atoms with Gasteiger partial charge in [-0.1, -0.05) is 12.1 Å². The van der Waals surface area contributed by atoms with E-state index in [2.05, 4.69) is 4.98 Å². The molecule has 5 nitrogen and oxygen atoms in total. The Bertz CT molecular complexity index is 857. The zero-order chi connectivity index (χ0) is 17.3. The molecule has 0 aliphatic carbocycles. The molecule has 0 bridgehead atoms. The molecule has 2 heterocycles. The van der Waals surface area contributed by atoms with E-state index in [0.717, 1.165) is 11.0 Å². The summed E-state index contributed by atoms with van der Waals surface area (Å²) in [5.41, 5.74) is -1.05. The Labute approximate surface area is 134 Å². The number of allylic oxidation sites excluding steroid dienone is 1. The zero-order valence-electron chi connectivity index (χ0n) is 12.3. The number of alkyl halides is 3. The summed E-state index contributed by atoms with van der Waals surface area (Å²) in [6.07, 6.45) is -4.43. The van der Waals surface area contributed by atoms with Gasteiger partial charge >= 0.3 is 12.3 Å². The lowest BCUT2D eigenvalue weighted by molar-refractivity contribution is -0.136. The lowest BCUT2D eigenvalue weighted by Gasteiger charge is -2.15. The summed E-state index contributed by atoms with van der Waals surface area (Å²) in [4.78, 5) is 27.7. The highest BCUT2D eigenvalue weighted by Crippen LogP contribution is 2.34. The number of nitrogens with zero attached hydrogens (tertiary/aromatic N) is 2. The first-order valence-electron chi connectivity index (χ1n) is 7.10. The predicted molar refractivity (Wildman–Crippen MR) is 77.9 cm³/mol. The molecule has 1 aliphatic rings. The number of likely N-dealkylation sites (tertiary alicyclic amines) is 1. The van der Waals surface area contributed by atoms with Gasteiger partial charge in [0.15, 0.2) is 0 Å². The Morgan fingerprint density at radius 2 is 2.04 bits per heavy atom. The number of amides is 1. The Kier molecular flexibility index (Phi) is 3.99. The van der Waals surface area contributed by atoms with Crippen LogP contribution in [-0.2, 0) is 11.0 Å². The van der Waals surface area contributed by atoms with Gasteiger partial charge in [0.1, 0.15) is 11.6 Å². The minimum absolute atomic E-state index is 0.164. The number of fused-ring (bicyclic) bond motifs is 1. The van der Waals surface area contributed by atoms with Crippen molar-refractivity contribution < 1.29 is 27.5 Å². The van der Waals surface area contributed by atoms with Crippen molar-refractivity contribution in [3.63, 3.8) is 0 Å². The van der Waals surface area contributed by atoms with Gasteiger partial charge in [0.2, 0.25) is 5.88 Å². The summed E-state index contributed by atoms with van der Waals surface area (Å²) < 4.78 is 44.2. The van der Waals surface area contributed by atoms with Gasteiger partial charge in [0, 0.05) is 24.4 Å². The van der Waals surface area contributed by atoms with Crippen molar-refractivity contribution in [2.45, 2.75) is 19.0 Å². The van der Waals surface area contributed by atoms with Crippen LogP contribution in [0.25, 0.3) is 10.9 Å². The molecule has 0 saturated carbocycles. The molecule has 1 aliphatic heterocycles. The molecule has 0 atom stereocenters. The van der Waals surface area contributed by atoms with Crippen LogP contribution in [0.1, 0.15) is 18.4 Å². The third-order valence-corrected chi connectivity index (χ3v) is 3.65. The lowest BCUT2D eigenvalue weighted by Crippen LogP contribution is -2.30. The molecule has 1 aromatic heterocycles. The number of halogens is 3. The number of benzene rings is 1. The smallest absolute Gasteiger partial charge is 0.391 e. The maximum absolute atomic E-state index is 13.1. The minimum Gasteiger partial charge on any atom is -0.391 e. The first-order valence-corrected chi connectivity index (χ1v) is 7.10. The standard InChI is InChI=1S/C16H11F3N2O3/c17-16(18,19)12-5-1-3-10-6-7-13(20-14(10)12)24-15(23)21-8-2-4-11(21)9-22/h1,3,5-7H,2,4,8H2. The Balaban J connectivity index is 1.93. The molecule has 1 aromatic carbocycles. The number of para-hydroxylation sites is 1. The second-order valence-corrected chi connectivity index (χ2v) is 5.20. The average molecular weight is 336 g/mol. The van der Waals surface area contributed by atoms with E-state index in [1.165, 1.54) is 24.3 Å². The molecular weight excluding hydrogens is 325 g/mol. The summed E-state index contributed by atoms with van der Waals surface area (Å²) >= 11 is 0. The van der Waals surface area contributed by atoms with Gasteiger partial charge < -0.3 is 4.74 Å². The average Bonchev–Trinajstić information content (AvgIpc) is 3.02. The van der Waals surface area contributed by atoms with E-state index in [0.29, 0.717) is 19.4 Å². The molecule has 1 amide bonds. The number of hydrogen-bond donors (Lipinski definition) is 0. The number of hydrogen-bond acceptors (Lipinski definition) is 4. The van der Waals surface area contributed by atoms with E-state index in [1.54, 1.807) is 5.94 Å². The number of rotatable bonds is 1. The molecule has 0 N–H and O–H groups in total. The van der Waals surface area contributed by atoms with Crippen LogP contribution < -0.4 is 4.74 Å². The van der Waals surface area contributed by atoms with Crippen LogP contribution in [0.2, 0.25) is 0 Å². The summed E-state index contributed by atoms with van der Waals surface area (Å²) in [7, 11) is 0. The minimum atomic E-state index is -4.57. The van der Waals surface area contributed by atoms with Crippen molar-refractivity contribution in [1.82, 2.24) is 9.88 Å². The number of pyridine rings is 1. The van der Waals surface area contributed by atoms with E-state index in [9.17, 15) is 22.8 Å². The van der Waals surface area contributed by atoms with Crippen LogP contribution in [-0.4, -0.2) is 28.5 Å². The fourth-order valence-corrected chi connectivity index (χ4v) is 2.54. The van der Waals surface area contributed by atoms with Crippen LogP contribution >= 0.6 is 0 Å². The van der Waals surface area contributed by atoms with Gasteiger partial charge in [-0.3, -0.25) is 4.90 Å². The van der Waals surface area contributed by atoms with Crippen LogP contribution in [0.15, 0.2) is 36.0 Å². The van der Waals surface area contributed by atoms with Crippen LogP contribution in [0.4, 0.5) is 18.0 Å². The van der Waals surface area contributed by atoms with Crippen molar-refractivity contribution in [1.29, 1.82) is 0 Å². The summed E-state index contributed by atoms with van der Waals surface area (Å²) in [5.74, 6) is 1.40. The van der Waals surface area contributed by atoms with Crippen molar-refractivity contribution in [2.24, 2.45) is 0 Å². The second kappa shape index (κ2) is 5.98. The molecule has 0 spiro atoms. The van der Waals surface area contributed by atoms with Gasteiger partial charge in [-0.15, -0.1) is 0 Å². The first kappa shape index (κ1) is 16.0. The predicted octanol–water partition coefficient (Wildman–Crippen LogP) is 3.56. The van der Waals surface area contributed by atoms with E-state index >= 15 is 0 Å². The van der Waals surface area contributed by atoms with Gasteiger partial charge in [0.25, 0.3) is 0 Å². The van der Waals surface area contributed by atoms with E-state index < -0.39 is 17.8 Å². The quantitative estimate of drug-likeness (QED) is 0.747. The number of carbonyl (C=O) groups excluding carboxylic acids is 2. The monoisotopic (exact) mass is 336 g/mol. The Hall–Kier alpha value is -2.86. The van der Waals surface area contributed by atoms with Crippen molar-refractivity contribution in [3.05, 3.63) is 41.6 Å². The van der Waals surface area contributed by atoms with Crippen LogP contribution in [0, 0.1) is 0 Å². The maximum Gasteiger partial charge on any atom is 0.421 e. The topological polar surface area (TPSA) is 59.5 Å². The van der Waals surface area contributed by atoms with Crippen molar-refractivity contribution in [3.8, 4) is 5.88 Å². The highest BCUT2D eigenvalue weighted by atomic mass is 19.4. The van der Waals surface area contributed by atoms with Crippen LogP contribution in [0.3, 0.4) is 0 Å². The summed E-state index contributed by atoms with van der Waals surface area (Å²) in [5, 5.41) is 0.277. The SMILES string of the molecule is O=C=C1CCCN1C(=O)Oc1ccc2cccc(C(F)(F)F)c2n1. The first-order chi connectivity index (χ1) is 11.4. The largest absolute Gasteiger partial charge is 0.421 e. The third-order valence-electron chi connectivity index (χ3n) is 3.65. The zero-order valence-corrected chi connectivity index (χ0v) is 12.3. The molecule has 0 unspecified atom stereocenters. The lowest BCUT2D eigenvalue weighted by atomic mass is 10.1. The van der Waals surface area contributed by atoms with E-state index in [1.807, 2.05) is 0 Å². The van der Waals surface area contributed by atoms with Crippen LogP contribution in [0.5, 0.6) is 5.88 Å². The fraction of sp³-hybridized carbons (Fsp3) is 0.250. The van der Waals surface area contributed by atoms with Gasteiger partial charge in [-0.2, -0.15) is 13.2 Å². The molecule has 0 radical (unpaired) electrons.